The number of aryl methyl sites for hydroxylation is 1. The van der Waals surface area contributed by atoms with Gasteiger partial charge in [0.1, 0.15) is 22.9 Å². The van der Waals surface area contributed by atoms with Gasteiger partial charge in [-0.25, -0.2) is 9.37 Å². The van der Waals surface area contributed by atoms with Crippen LogP contribution < -0.4 is 5.32 Å². The van der Waals surface area contributed by atoms with Crippen LogP contribution in [0.3, 0.4) is 0 Å². The minimum atomic E-state index is -0.315. The molecule has 4 nitrogen and oxygen atoms in total. The van der Waals surface area contributed by atoms with Crippen LogP contribution in [0.5, 0.6) is 0 Å². The fraction of sp³-hybridized carbons (Fsp3) is 0.267. The molecular formula is C15H15FN2O2. The van der Waals surface area contributed by atoms with Crippen LogP contribution in [-0.4, -0.2) is 4.98 Å². The van der Waals surface area contributed by atoms with Crippen molar-refractivity contribution in [3.8, 4) is 0 Å². The average molecular weight is 274 g/mol. The molecule has 0 aliphatic heterocycles. The Hall–Kier alpha value is -2.14. The highest BCUT2D eigenvalue weighted by molar-refractivity contribution is 5.72. The maximum Gasteiger partial charge on any atom is 0.209 e. The van der Waals surface area contributed by atoms with Crippen molar-refractivity contribution in [2.24, 2.45) is 0 Å². The standard InChI is InChI=1S/C15H15FN2O2/c1-9-3-5-13(19-9)10(2)17-8-15-18-12-7-11(16)4-6-14(12)20-15/h3-7,10,17H,8H2,1-2H3. The number of nitrogens with zero attached hydrogens (tertiary/aromatic N) is 1. The molecule has 0 aliphatic carbocycles. The van der Waals surface area contributed by atoms with Crippen molar-refractivity contribution in [1.29, 1.82) is 0 Å². The van der Waals surface area contributed by atoms with E-state index in [1.165, 1.54) is 12.1 Å². The molecule has 104 valence electrons. The molecule has 0 spiro atoms. The average Bonchev–Trinajstić information content (AvgIpc) is 3.01. The fourth-order valence-corrected chi connectivity index (χ4v) is 2.05. The number of benzene rings is 1. The summed E-state index contributed by atoms with van der Waals surface area (Å²) < 4.78 is 24.2. The number of rotatable bonds is 4. The Labute approximate surface area is 115 Å². The Morgan fingerprint density at radius 1 is 1.25 bits per heavy atom. The van der Waals surface area contributed by atoms with Crippen molar-refractivity contribution in [2.45, 2.75) is 26.4 Å². The van der Waals surface area contributed by atoms with Crippen LogP contribution in [0.15, 0.2) is 39.2 Å². The van der Waals surface area contributed by atoms with Crippen LogP contribution in [0.25, 0.3) is 11.1 Å². The van der Waals surface area contributed by atoms with E-state index in [-0.39, 0.29) is 11.9 Å². The van der Waals surface area contributed by atoms with Crippen LogP contribution in [0.4, 0.5) is 4.39 Å². The number of nitrogens with one attached hydrogen (secondary N) is 1. The lowest BCUT2D eigenvalue weighted by Crippen LogP contribution is -2.17. The molecule has 0 saturated heterocycles. The summed E-state index contributed by atoms with van der Waals surface area (Å²) in [6.07, 6.45) is 0. The molecule has 0 aliphatic rings. The summed E-state index contributed by atoms with van der Waals surface area (Å²) in [5.41, 5.74) is 1.12. The van der Waals surface area contributed by atoms with Crippen molar-refractivity contribution in [3.63, 3.8) is 0 Å². The lowest BCUT2D eigenvalue weighted by Gasteiger charge is -2.08. The third-order valence-electron chi connectivity index (χ3n) is 3.14. The summed E-state index contributed by atoms with van der Waals surface area (Å²) in [6.45, 7) is 4.36. The summed E-state index contributed by atoms with van der Waals surface area (Å²) in [6, 6.07) is 8.22. The van der Waals surface area contributed by atoms with Gasteiger partial charge in [-0.3, -0.25) is 5.32 Å². The minimum absolute atomic E-state index is 0.0513. The Balaban J connectivity index is 1.70. The third-order valence-corrected chi connectivity index (χ3v) is 3.14. The van der Waals surface area contributed by atoms with E-state index >= 15 is 0 Å². The minimum Gasteiger partial charge on any atom is -0.465 e. The first-order chi connectivity index (χ1) is 9.61. The van der Waals surface area contributed by atoms with Gasteiger partial charge in [-0.2, -0.15) is 0 Å². The maximum absolute atomic E-state index is 13.1. The van der Waals surface area contributed by atoms with Crippen LogP contribution in [0.2, 0.25) is 0 Å². The highest BCUT2D eigenvalue weighted by Gasteiger charge is 2.11. The largest absolute Gasteiger partial charge is 0.465 e. The van der Waals surface area contributed by atoms with Crippen molar-refractivity contribution in [1.82, 2.24) is 10.3 Å². The highest BCUT2D eigenvalue weighted by atomic mass is 19.1. The van der Waals surface area contributed by atoms with Gasteiger partial charge in [0.05, 0.1) is 12.6 Å². The molecule has 3 aromatic rings. The summed E-state index contributed by atoms with van der Waals surface area (Å²) in [5, 5.41) is 3.26. The summed E-state index contributed by atoms with van der Waals surface area (Å²) in [4.78, 5) is 4.24. The first-order valence-electron chi connectivity index (χ1n) is 6.46. The zero-order valence-corrected chi connectivity index (χ0v) is 11.3. The van der Waals surface area contributed by atoms with E-state index in [4.69, 9.17) is 8.83 Å². The van der Waals surface area contributed by atoms with Gasteiger partial charge in [-0.05, 0) is 38.1 Å². The number of furan rings is 1. The van der Waals surface area contributed by atoms with Gasteiger partial charge in [0.25, 0.3) is 0 Å². The van der Waals surface area contributed by atoms with E-state index in [2.05, 4.69) is 10.3 Å². The van der Waals surface area contributed by atoms with Crippen LogP contribution in [-0.2, 0) is 6.54 Å². The van der Waals surface area contributed by atoms with E-state index in [9.17, 15) is 4.39 Å². The molecule has 0 saturated carbocycles. The molecule has 0 fully saturated rings. The first kappa shape index (κ1) is 12.9. The quantitative estimate of drug-likeness (QED) is 0.787. The van der Waals surface area contributed by atoms with E-state index < -0.39 is 0 Å². The molecule has 1 unspecified atom stereocenters. The molecular weight excluding hydrogens is 259 g/mol. The SMILES string of the molecule is Cc1ccc(C(C)NCc2nc3cc(F)ccc3o2)o1. The molecule has 0 amide bonds. The number of hydrogen-bond donors (Lipinski definition) is 1. The topological polar surface area (TPSA) is 51.2 Å². The Bertz CT molecular complexity index is 732. The second-order valence-corrected chi connectivity index (χ2v) is 4.77. The van der Waals surface area contributed by atoms with Gasteiger partial charge in [-0.15, -0.1) is 0 Å². The highest BCUT2D eigenvalue weighted by Crippen LogP contribution is 2.19. The number of fused-ring (bicyclic) bond motifs is 1. The molecule has 1 atom stereocenters. The molecule has 5 heteroatoms. The molecule has 1 N–H and O–H groups in total. The smallest absolute Gasteiger partial charge is 0.209 e. The Kier molecular flexibility index (Phi) is 3.28. The Morgan fingerprint density at radius 2 is 2.10 bits per heavy atom. The zero-order chi connectivity index (χ0) is 14.1. The molecule has 2 aromatic heterocycles. The molecule has 2 heterocycles. The summed E-state index contributed by atoms with van der Waals surface area (Å²) in [7, 11) is 0. The van der Waals surface area contributed by atoms with Gasteiger partial charge in [0, 0.05) is 6.07 Å². The normalized spacial score (nSPS) is 12.9. The van der Waals surface area contributed by atoms with Crippen molar-refractivity contribution < 1.29 is 13.2 Å². The second-order valence-electron chi connectivity index (χ2n) is 4.77. The molecule has 0 radical (unpaired) electrons. The maximum atomic E-state index is 13.1. The van der Waals surface area contributed by atoms with Crippen molar-refractivity contribution in [3.05, 3.63) is 53.6 Å². The van der Waals surface area contributed by atoms with Crippen LogP contribution in [0.1, 0.15) is 30.4 Å². The van der Waals surface area contributed by atoms with Crippen molar-refractivity contribution >= 4 is 11.1 Å². The van der Waals surface area contributed by atoms with Gasteiger partial charge >= 0.3 is 0 Å². The van der Waals surface area contributed by atoms with E-state index in [0.29, 0.717) is 23.5 Å². The van der Waals surface area contributed by atoms with Gasteiger partial charge < -0.3 is 8.83 Å². The van der Waals surface area contributed by atoms with Gasteiger partial charge in [0.15, 0.2) is 5.58 Å². The fourth-order valence-electron chi connectivity index (χ4n) is 2.05. The third kappa shape index (κ3) is 2.58. The summed E-state index contributed by atoms with van der Waals surface area (Å²) >= 11 is 0. The molecule has 0 bridgehead atoms. The monoisotopic (exact) mass is 274 g/mol. The lowest BCUT2D eigenvalue weighted by molar-refractivity contribution is 0.397. The molecule has 3 rings (SSSR count). The van der Waals surface area contributed by atoms with Gasteiger partial charge in [-0.1, -0.05) is 0 Å². The predicted molar refractivity (Wildman–Crippen MR) is 72.7 cm³/mol. The zero-order valence-electron chi connectivity index (χ0n) is 11.3. The summed E-state index contributed by atoms with van der Waals surface area (Å²) in [5.74, 6) is 1.96. The van der Waals surface area contributed by atoms with Gasteiger partial charge in [0.2, 0.25) is 5.89 Å². The molecule has 20 heavy (non-hydrogen) atoms. The molecule has 1 aromatic carbocycles. The van der Waals surface area contributed by atoms with E-state index in [1.54, 1.807) is 6.07 Å². The van der Waals surface area contributed by atoms with Crippen LogP contribution >= 0.6 is 0 Å². The Morgan fingerprint density at radius 3 is 2.85 bits per heavy atom. The number of halogens is 1. The number of aromatic nitrogens is 1. The first-order valence-corrected chi connectivity index (χ1v) is 6.46. The van der Waals surface area contributed by atoms with Crippen LogP contribution in [0, 0.1) is 12.7 Å². The van der Waals surface area contributed by atoms with Crippen molar-refractivity contribution in [2.75, 3.05) is 0 Å². The predicted octanol–water partition coefficient (Wildman–Crippen LogP) is 3.72. The lowest BCUT2D eigenvalue weighted by atomic mass is 10.2. The number of oxazole rings is 1. The second kappa shape index (κ2) is 5.09. The van der Waals surface area contributed by atoms with E-state index in [1.807, 2.05) is 26.0 Å². The number of hydrogen-bond acceptors (Lipinski definition) is 4. The van der Waals surface area contributed by atoms with E-state index in [0.717, 1.165) is 11.5 Å².